The van der Waals surface area contributed by atoms with Crippen molar-refractivity contribution in [2.75, 3.05) is 20.2 Å². The van der Waals surface area contributed by atoms with Gasteiger partial charge in [0.05, 0.1) is 17.9 Å². The summed E-state index contributed by atoms with van der Waals surface area (Å²) in [6, 6.07) is 14.6. The SMILES string of the molecule is COc1ccc(-c2noc(C3CCCN(S(=O)(=O)c4ccc(C(C)(C)C)cc4)C3)n2)cc1. The smallest absolute Gasteiger partial charge is 0.243 e. The monoisotopic (exact) mass is 455 g/mol. The standard InChI is InChI=1S/C24H29N3O4S/c1-24(2,3)19-9-13-21(14-10-19)32(28,29)27-15-5-6-18(16-27)23-25-22(26-31-23)17-7-11-20(30-4)12-8-17/h7-14,18H,5-6,15-16H2,1-4H3. The lowest BCUT2D eigenvalue weighted by Gasteiger charge is -2.30. The van der Waals surface area contributed by atoms with Crippen molar-refractivity contribution in [2.24, 2.45) is 0 Å². The van der Waals surface area contributed by atoms with Crippen LogP contribution in [0.1, 0.15) is 51.0 Å². The van der Waals surface area contributed by atoms with Crippen LogP contribution in [0.25, 0.3) is 11.4 Å². The number of piperidine rings is 1. The average molecular weight is 456 g/mol. The van der Waals surface area contributed by atoms with Crippen LogP contribution in [0.3, 0.4) is 0 Å². The Morgan fingerprint density at radius 2 is 1.75 bits per heavy atom. The molecule has 1 aliphatic heterocycles. The van der Waals surface area contributed by atoms with E-state index in [1.165, 1.54) is 4.31 Å². The first kappa shape index (κ1) is 22.5. The molecular weight excluding hydrogens is 426 g/mol. The van der Waals surface area contributed by atoms with Crippen molar-refractivity contribution in [3.63, 3.8) is 0 Å². The highest BCUT2D eigenvalue weighted by molar-refractivity contribution is 7.89. The number of hydrogen-bond donors (Lipinski definition) is 0. The van der Waals surface area contributed by atoms with E-state index in [-0.39, 0.29) is 11.3 Å². The second kappa shape index (κ2) is 8.67. The third kappa shape index (κ3) is 4.56. The van der Waals surface area contributed by atoms with Gasteiger partial charge in [0.1, 0.15) is 5.75 Å². The second-order valence-electron chi connectivity index (χ2n) is 9.16. The van der Waals surface area contributed by atoms with Crippen LogP contribution in [0.4, 0.5) is 0 Å². The van der Waals surface area contributed by atoms with E-state index in [0.717, 1.165) is 29.7 Å². The molecule has 0 bridgehead atoms. The largest absolute Gasteiger partial charge is 0.497 e. The zero-order chi connectivity index (χ0) is 22.9. The predicted molar refractivity (Wildman–Crippen MR) is 122 cm³/mol. The minimum Gasteiger partial charge on any atom is -0.497 e. The van der Waals surface area contributed by atoms with Gasteiger partial charge in [-0.1, -0.05) is 38.1 Å². The first-order chi connectivity index (χ1) is 15.2. The quantitative estimate of drug-likeness (QED) is 0.558. The average Bonchev–Trinajstić information content (AvgIpc) is 3.29. The molecule has 2 aromatic carbocycles. The molecule has 0 saturated carbocycles. The van der Waals surface area contributed by atoms with Crippen LogP contribution in [0, 0.1) is 0 Å². The summed E-state index contributed by atoms with van der Waals surface area (Å²) in [7, 11) is -1.97. The van der Waals surface area contributed by atoms with E-state index in [4.69, 9.17) is 9.26 Å². The summed E-state index contributed by atoms with van der Waals surface area (Å²) in [6.45, 7) is 7.13. The molecule has 2 heterocycles. The zero-order valence-corrected chi connectivity index (χ0v) is 19.7. The molecule has 1 unspecified atom stereocenters. The van der Waals surface area contributed by atoms with Gasteiger partial charge in [0.2, 0.25) is 21.7 Å². The molecule has 32 heavy (non-hydrogen) atoms. The summed E-state index contributed by atoms with van der Waals surface area (Å²) < 4.78 is 38.8. The van der Waals surface area contributed by atoms with Gasteiger partial charge in [0, 0.05) is 18.7 Å². The van der Waals surface area contributed by atoms with Crippen molar-refractivity contribution < 1.29 is 17.7 Å². The van der Waals surface area contributed by atoms with Gasteiger partial charge >= 0.3 is 0 Å². The number of ether oxygens (including phenoxy) is 1. The molecule has 0 N–H and O–H groups in total. The summed E-state index contributed by atoms with van der Waals surface area (Å²) >= 11 is 0. The Kier molecular flexibility index (Phi) is 6.09. The highest BCUT2D eigenvalue weighted by atomic mass is 32.2. The van der Waals surface area contributed by atoms with Gasteiger partial charge in [-0.25, -0.2) is 8.42 Å². The van der Waals surface area contributed by atoms with Gasteiger partial charge in [-0.15, -0.1) is 0 Å². The van der Waals surface area contributed by atoms with Crippen LogP contribution in [0.5, 0.6) is 5.75 Å². The maximum absolute atomic E-state index is 13.3. The first-order valence-electron chi connectivity index (χ1n) is 10.8. The van der Waals surface area contributed by atoms with Crippen molar-refractivity contribution in [3.05, 3.63) is 60.0 Å². The lowest BCUT2D eigenvalue weighted by Crippen LogP contribution is -2.39. The molecule has 1 saturated heterocycles. The fourth-order valence-electron chi connectivity index (χ4n) is 3.90. The van der Waals surface area contributed by atoms with Crippen molar-refractivity contribution in [2.45, 2.75) is 49.8 Å². The van der Waals surface area contributed by atoms with Gasteiger partial charge in [0.25, 0.3) is 0 Å². The molecule has 0 radical (unpaired) electrons. The fraction of sp³-hybridized carbons (Fsp3) is 0.417. The van der Waals surface area contributed by atoms with Crippen molar-refractivity contribution in [1.29, 1.82) is 0 Å². The summed E-state index contributed by atoms with van der Waals surface area (Å²) in [5.74, 6) is 1.58. The van der Waals surface area contributed by atoms with Gasteiger partial charge < -0.3 is 9.26 Å². The third-order valence-electron chi connectivity index (χ3n) is 5.88. The number of sulfonamides is 1. The lowest BCUT2D eigenvalue weighted by molar-refractivity contribution is 0.265. The van der Waals surface area contributed by atoms with Crippen LogP contribution >= 0.6 is 0 Å². The molecule has 1 atom stereocenters. The molecule has 0 amide bonds. The van der Waals surface area contributed by atoms with Gasteiger partial charge in [-0.05, 0) is 60.2 Å². The molecule has 1 aromatic heterocycles. The Morgan fingerprint density at radius 3 is 2.38 bits per heavy atom. The minimum atomic E-state index is -3.59. The number of rotatable bonds is 5. The first-order valence-corrected chi connectivity index (χ1v) is 12.2. The topological polar surface area (TPSA) is 85.5 Å². The molecule has 1 fully saturated rings. The van der Waals surface area contributed by atoms with Gasteiger partial charge in [-0.3, -0.25) is 0 Å². The second-order valence-corrected chi connectivity index (χ2v) is 11.1. The van der Waals surface area contributed by atoms with Crippen LogP contribution in [0.15, 0.2) is 57.9 Å². The summed E-state index contributed by atoms with van der Waals surface area (Å²) in [5.41, 5.74) is 1.89. The predicted octanol–water partition coefficient (Wildman–Crippen LogP) is 4.61. The van der Waals surface area contributed by atoms with E-state index < -0.39 is 10.0 Å². The number of nitrogens with zero attached hydrogens (tertiary/aromatic N) is 3. The highest BCUT2D eigenvalue weighted by Crippen LogP contribution is 2.31. The highest BCUT2D eigenvalue weighted by Gasteiger charge is 2.33. The Morgan fingerprint density at radius 1 is 1.06 bits per heavy atom. The number of benzene rings is 2. The minimum absolute atomic E-state index is 0.0297. The van der Waals surface area contributed by atoms with Crippen molar-refractivity contribution in [3.8, 4) is 17.1 Å². The number of aromatic nitrogens is 2. The Labute approximate surface area is 189 Å². The summed E-state index contributed by atoms with van der Waals surface area (Å²) in [6.07, 6.45) is 1.55. The Bertz CT molecular complexity index is 1160. The van der Waals surface area contributed by atoms with E-state index >= 15 is 0 Å². The van der Waals surface area contributed by atoms with E-state index in [9.17, 15) is 8.42 Å². The van der Waals surface area contributed by atoms with Crippen LogP contribution in [-0.4, -0.2) is 43.1 Å². The fourth-order valence-corrected chi connectivity index (χ4v) is 5.42. The maximum Gasteiger partial charge on any atom is 0.243 e. The summed E-state index contributed by atoms with van der Waals surface area (Å²) in [5, 5.41) is 4.10. The number of hydrogen-bond acceptors (Lipinski definition) is 6. The van der Waals surface area contributed by atoms with Gasteiger partial charge in [-0.2, -0.15) is 9.29 Å². The van der Waals surface area contributed by atoms with Crippen LogP contribution in [0.2, 0.25) is 0 Å². The Balaban J connectivity index is 1.51. The molecule has 0 aliphatic carbocycles. The van der Waals surface area contributed by atoms with Gasteiger partial charge in [0.15, 0.2) is 0 Å². The molecule has 8 heteroatoms. The van der Waals surface area contributed by atoms with E-state index in [1.54, 1.807) is 19.2 Å². The molecule has 0 spiro atoms. The zero-order valence-electron chi connectivity index (χ0n) is 18.9. The maximum atomic E-state index is 13.3. The molecule has 3 aromatic rings. The molecule has 7 nitrogen and oxygen atoms in total. The molecule has 170 valence electrons. The lowest BCUT2D eigenvalue weighted by atomic mass is 9.87. The van der Waals surface area contributed by atoms with Crippen molar-refractivity contribution >= 4 is 10.0 Å². The van der Waals surface area contributed by atoms with E-state index in [0.29, 0.717) is 29.7 Å². The Hall–Kier alpha value is -2.71. The normalized spacial score (nSPS) is 17.9. The molecule has 1 aliphatic rings. The molecule has 4 rings (SSSR count). The van der Waals surface area contributed by atoms with E-state index in [1.807, 2.05) is 36.4 Å². The van der Waals surface area contributed by atoms with Crippen LogP contribution < -0.4 is 4.74 Å². The van der Waals surface area contributed by atoms with Crippen molar-refractivity contribution in [1.82, 2.24) is 14.4 Å². The summed E-state index contributed by atoms with van der Waals surface area (Å²) in [4.78, 5) is 4.86. The number of methoxy groups -OCH3 is 1. The molecular formula is C24H29N3O4S. The van der Waals surface area contributed by atoms with E-state index in [2.05, 4.69) is 30.9 Å². The van der Waals surface area contributed by atoms with Crippen LogP contribution in [-0.2, 0) is 15.4 Å². The third-order valence-corrected chi connectivity index (χ3v) is 7.76.